The highest BCUT2D eigenvalue weighted by molar-refractivity contribution is 5.94. The van der Waals surface area contributed by atoms with E-state index in [1.54, 1.807) is 0 Å². The van der Waals surface area contributed by atoms with Crippen LogP contribution in [0.2, 0.25) is 0 Å². The fraction of sp³-hybridized carbons (Fsp3) is 0.444. The molecule has 0 bridgehead atoms. The fourth-order valence-electron chi connectivity index (χ4n) is 0.414. The number of ketones is 1. The van der Waals surface area contributed by atoms with Gasteiger partial charge in [0.05, 0.1) is 12.6 Å². The van der Waals surface area contributed by atoms with E-state index in [1.165, 1.54) is 6.92 Å². The first-order valence-corrected chi connectivity index (χ1v) is 4.03. The summed E-state index contributed by atoms with van der Waals surface area (Å²) >= 11 is 0. The van der Waals surface area contributed by atoms with Gasteiger partial charge >= 0.3 is 5.97 Å². The Bertz CT molecular complexity index is 233. The van der Waals surface area contributed by atoms with E-state index in [4.69, 9.17) is 15.0 Å². The van der Waals surface area contributed by atoms with Crippen molar-refractivity contribution >= 4 is 17.7 Å². The Balaban J connectivity index is 0. The maximum absolute atomic E-state index is 10.5. The Morgan fingerprint density at radius 2 is 1.93 bits per heavy atom. The summed E-state index contributed by atoms with van der Waals surface area (Å²) in [5.41, 5.74) is 0. The topological polar surface area (TPSA) is 104 Å². The maximum atomic E-state index is 10.5. The molecular formula is C9H13O6-. The average molecular weight is 217 g/mol. The lowest BCUT2D eigenvalue weighted by atomic mass is 10.3. The van der Waals surface area contributed by atoms with Crippen molar-refractivity contribution in [2.45, 2.75) is 13.3 Å². The number of carboxylic acids is 1. The molecular weight excluding hydrogens is 204 g/mol. The van der Waals surface area contributed by atoms with Crippen LogP contribution >= 0.6 is 0 Å². The molecule has 1 N–H and O–H groups in total. The lowest BCUT2D eigenvalue weighted by Gasteiger charge is -1.98. The summed E-state index contributed by atoms with van der Waals surface area (Å²) in [6.45, 7) is 3.96. The van der Waals surface area contributed by atoms with Crippen molar-refractivity contribution in [3.63, 3.8) is 0 Å². The Morgan fingerprint density at radius 1 is 1.47 bits per heavy atom. The number of aliphatic carboxylic acids is 1. The van der Waals surface area contributed by atoms with E-state index >= 15 is 0 Å². The first kappa shape index (κ1) is 15.8. The molecule has 0 saturated heterocycles. The van der Waals surface area contributed by atoms with Crippen molar-refractivity contribution < 1.29 is 29.3 Å². The SMILES string of the molecule is C=CC(=O)[O-].CC(=O)CC(=O)OCCO. The van der Waals surface area contributed by atoms with Gasteiger partial charge in [-0.15, -0.1) is 0 Å². The zero-order chi connectivity index (χ0) is 12.3. The van der Waals surface area contributed by atoms with Crippen molar-refractivity contribution in [2.75, 3.05) is 13.2 Å². The van der Waals surface area contributed by atoms with Crippen LogP contribution in [0.4, 0.5) is 0 Å². The zero-order valence-electron chi connectivity index (χ0n) is 8.39. The molecule has 0 aromatic carbocycles. The number of aliphatic hydroxyl groups is 1. The van der Waals surface area contributed by atoms with Crippen LogP contribution < -0.4 is 5.11 Å². The van der Waals surface area contributed by atoms with Gasteiger partial charge in [0.15, 0.2) is 0 Å². The smallest absolute Gasteiger partial charge is 0.313 e. The van der Waals surface area contributed by atoms with Gasteiger partial charge in [-0.25, -0.2) is 0 Å². The van der Waals surface area contributed by atoms with Crippen LogP contribution in [-0.2, 0) is 19.1 Å². The first-order chi connectivity index (χ1) is 6.93. The highest BCUT2D eigenvalue weighted by Crippen LogP contribution is 1.86. The molecule has 0 aromatic rings. The third-order valence-electron chi connectivity index (χ3n) is 0.914. The van der Waals surface area contributed by atoms with Gasteiger partial charge in [0.2, 0.25) is 0 Å². The molecule has 0 aliphatic heterocycles. The zero-order valence-corrected chi connectivity index (χ0v) is 8.39. The largest absolute Gasteiger partial charge is 0.545 e. The Labute approximate surface area is 87.2 Å². The summed E-state index contributed by atoms with van der Waals surface area (Å²) in [6.07, 6.45) is 0.514. The molecule has 0 unspecified atom stereocenters. The van der Waals surface area contributed by atoms with E-state index in [0.717, 1.165) is 6.08 Å². The van der Waals surface area contributed by atoms with Crippen LogP contribution in [0.1, 0.15) is 13.3 Å². The molecule has 0 heterocycles. The molecule has 6 nitrogen and oxygen atoms in total. The molecule has 0 aliphatic rings. The third kappa shape index (κ3) is 18.9. The minimum Gasteiger partial charge on any atom is -0.545 e. The van der Waals surface area contributed by atoms with Crippen molar-refractivity contribution in [1.82, 2.24) is 0 Å². The van der Waals surface area contributed by atoms with E-state index in [-0.39, 0.29) is 25.4 Å². The number of ether oxygens (including phenoxy) is 1. The number of esters is 1. The number of hydrogen-bond donors (Lipinski definition) is 1. The number of carbonyl (C=O) groups excluding carboxylic acids is 3. The minimum absolute atomic E-state index is 0.0356. The number of aliphatic hydroxyl groups excluding tert-OH is 1. The van der Waals surface area contributed by atoms with Crippen molar-refractivity contribution in [3.05, 3.63) is 12.7 Å². The molecule has 0 rings (SSSR count). The summed E-state index contributed by atoms with van der Waals surface area (Å²) in [5, 5.41) is 17.3. The Kier molecular flexibility index (Phi) is 10.9. The normalized spacial score (nSPS) is 8.13. The predicted octanol–water partition coefficient (Wildman–Crippen LogP) is -1.58. The van der Waals surface area contributed by atoms with Gasteiger partial charge in [-0.1, -0.05) is 6.58 Å². The molecule has 0 atom stereocenters. The van der Waals surface area contributed by atoms with Gasteiger partial charge in [0.25, 0.3) is 0 Å². The van der Waals surface area contributed by atoms with Crippen molar-refractivity contribution in [3.8, 4) is 0 Å². The third-order valence-corrected chi connectivity index (χ3v) is 0.914. The van der Waals surface area contributed by atoms with Crippen LogP contribution in [0, 0.1) is 0 Å². The molecule has 6 heteroatoms. The number of Topliss-reactive ketones (excluding diaryl/α,β-unsaturated/α-hetero) is 1. The molecule has 0 aliphatic carbocycles. The van der Waals surface area contributed by atoms with Gasteiger partial charge in [-0.3, -0.25) is 9.59 Å². The molecule has 0 saturated carbocycles. The number of carbonyl (C=O) groups is 3. The lowest BCUT2D eigenvalue weighted by Crippen LogP contribution is -2.17. The van der Waals surface area contributed by atoms with Gasteiger partial charge < -0.3 is 19.7 Å². The number of carboxylic acid groups (broad SMARTS) is 1. The fourth-order valence-corrected chi connectivity index (χ4v) is 0.414. The molecule has 0 aromatic heterocycles. The quantitative estimate of drug-likeness (QED) is 0.338. The monoisotopic (exact) mass is 217 g/mol. The number of rotatable bonds is 5. The van der Waals surface area contributed by atoms with Gasteiger partial charge in [-0.05, 0) is 13.0 Å². The van der Waals surface area contributed by atoms with Gasteiger partial charge in [0, 0.05) is 0 Å². The second-order valence-electron chi connectivity index (χ2n) is 2.35. The van der Waals surface area contributed by atoms with Gasteiger partial charge in [0.1, 0.15) is 18.8 Å². The van der Waals surface area contributed by atoms with E-state index in [0.29, 0.717) is 0 Å². The highest BCUT2D eigenvalue weighted by atomic mass is 16.5. The molecule has 86 valence electrons. The van der Waals surface area contributed by atoms with Crippen LogP contribution in [0.3, 0.4) is 0 Å². The summed E-state index contributed by atoms with van der Waals surface area (Å²) in [5.74, 6) is -2.05. The summed E-state index contributed by atoms with van der Waals surface area (Å²) in [7, 11) is 0. The van der Waals surface area contributed by atoms with Crippen LogP contribution in [0.5, 0.6) is 0 Å². The second kappa shape index (κ2) is 10.4. The van der Waals surface area contributed by atoms with Crippen LogP contribution in [-0.4, -0.2) is 36.0 Å². The van der Waals surface area contributed by atoms with Crippen LogP contribution in [0.15, 0.2) is 12.7 Å². The lowest BCUT2D eigenvalue weighted by molar-refractivity contribution is -0.297. The highest BCUT2D eigenvalue weighted by Gasteiger charge is 2.04. The molecule has 0 amide bonds. The minimum atomic E-state index is -1.23. The molecule has 0 spiro atoms. The predicted molar refractivity (Wildman–Crippen MR) is 48.5 cm³/mol. The van der Waals surface area contributed by atoms with Crippen molar-refractivity contribution in [1.29, 1.82) is 0 Å². The molecule has 15 heavy (non-hydrogen) atoms. The van der Waals surface area contributed by atoms with Crippen molar-refractivity contribution in [2.24, 2.45) is 0 Å². The van der Waals surface area contributed by atoms with Crippen LogP contribution in [0.25, 0.3) is 0 Å². The molecule has 0 fully saturated rings. The van der Waals surface area contributed by atoms with E-state index in [2.05, 4.69) is 11.3 Å². The van der Waals surface area contributed by atoms with E-state index in [9.17, 15) is 9.59 Å². The molecule has 0 radical (unpaired) electrons. The first-order valence-electron chi connectivity index (χ1n) is 4.03. The number of hydrogen-bond acceptors (Lipinski definition) is 6. The summed E-state index contributed by atoms with van der Waals surface area (Å²) in [6, 6.07) is 0. The Morgan fingerprint density at radius 3 is 2.20 bits per heavy atom. The van der Waals surface area contributed by atoms with Gasteiger partial charge in [-0.2, -0.15) is 0 Å². The average Bonchev–Trinajstić information content (AvgIpc) is 2.14. The standard InChI is InChI=1S/C6H10O4.C3H4O2/c1-5(8)4-6(9)10-3-2-7;1-2-3(4)5/h7H,2-4H2,1H3;2H,1H2,(H,4,5)/p-1. The Hall–Kier alpha value is -1.69. The summed E-state index contributed by atoms with van der Waals surface area (Å²) in [4.78, 5) is 29.9. The summed E-state index contributed by atoms with van der Waals surface area (Å²) < 4.78 is 4.39. The van der Waals surface area contributed by atoms with E-state index in [1.807, 2.05) is 0 Å². The van der Waals surface area contributed by atoms with E-state index < -0.39 is 11.9 Å². The second-order valence-corrected chi connectivity index (χ2v) is 2.35. The maximum Gasteiger partial charge on any atom is 0.313 e.